The molecule has 0 saturated heterocycles. The van der Waals surface area contributed by atoms with Gasteiger partial charge in [0.15, 0.2) is 0 Å². The van der Waals surface area contributed by atoms with E-state index in [0.717, 1.165) is 5.92 Å². The van der Waals surface area contributed by atoms with Crippen molar-refractivity contribution >= 4 is 11.3 Å². The lowest BCUT2D eigenvalue weighted by atomic mass is 9.83. The van der Waals surface area contributed by atoms with Gasteiger partial charge in [0.05, 0.1) is 0 Å². The van der Waals surface area contributed by atoms with Crippen LogP contribution in [0.1, 0.15) is 69.3 Å². The highest BCUT2D eigenvalue weighted by atomic mass is 32.1. The number of hydrogen-bond acceptors (Lipinski definition) is 3. The van der Waals surface area contributed by atoms with Crippen molar-refractivity contribution in [2.45, 2.75) is 64.7 Å². The van der Waals surface area contributed by atoms with E-state index in [0.29, 0.717) is 5.92 Å². The zero-order valence-electron chi connectivity index (χ0n) is 10.8. The van der Waals surface area contributed by atoms with E-state index < -0.39 is 0 Å². The Balaban J connectivity index is 2.08. The van der Waals surface area contributed by atoms with Gasteiger partial charge in [-0.05, 0) is 18.8 Å². The van der Waals surface area contributed by atoms with Crippen LogP contribution in [-0.2, 0) is 5.41 Å². The molecule has 0 spiro atoms. The molecule has 1 aromatic rings. The lowest BCUT2D eigenvalue weighted by molar-refractivity contribution is 0.346. The molecule has 0 unspecified atom stereocenters. The molecule has 0 radical (unpaired) electrons. The maximum Gasteiger partial charge on any atom is 0.122 e. The Morgan fingerprint density at radius 1 is 1.06 bits per heavy atom. The molecule has 0 aliphatic heterocycles. The number of rotatable bonds is 1. The topological polar surface area (TPSA) is 25.8 Å². The third-order valence-electron chi connectivity index (χ3n) is 3.45. The maximum atomic E-state index is 4.40. The van der Waals surface area contributed by atoms with E-state index >= 15 is 0 Å². The summed E-state index contributed by atoms with van der Waals surface area (Å²) in [5.41, 5.74) is 0.151. The molecule has 16 heavy (non-hydrogen) atoms. The van der Waals surface area contributed by atoms with E-state index in [-0.39, 0.29) is 5.41 Å². The SMILES string of the molecule is CC(C)(C)c1nnc([C@H]2CC[C@H](C)CC2)s1. The average molecular weight is 238 g/mol. The largest absolute Gasteiger partial charge is 0.143 e. The smallest absolute Gasteiger partial charge is 0.122 e. The van der Waals surface area contributed by atoms with Gasteiger partial charge in [-0.3, -0.25) is 0 Å². The highest BCUT2D eigenvalue weighted by Crippen LogP contribution is 2.38. The quantitative estimate of drug-likeness (QED) is 0.735. The second-order valence-electron chi connectivity index (χ2n) is 6.15. The Labute approximate surface area is 102 Å². The fraction of sp³-hybridized carbons (Fsp3) is 0.846. The van der Waals surface area contributed by atoms with Crippen LogP contribution in [0.4, 0.5) is 0 Å². The van der Waals surface area contributed by atoms with E-state index in [1.807, 2.05) is 11.3 Å². The molecule has 1 aromatic heterocycles. The van der Waals surface area contributed by atoms with Gasteiger partial charge in [0.2, 0.25) is 0 Å². The molecular weight excluding hydrogens is 216 g/mol. The molecule has 1 heterocycles. The predicted octanol–water partition coefficient (Wildman–Crippen LogP) is 4.13. The maximum absolute atomic E-state index is 4.40. The minimum Gasteiger partial charge on any atom is -0.143 e. The minimum atomic E-state index is 0.151. The van der Waals surface area contributed by atoms with E-state index in [1.165, 1.54) is 35.7 Å². The molecule has 1 fully saturated rings. The second-order valence-corrected chi connectivity index (χ2v) is 7.16. The summed E-state index contributed by atoms with van der Waals surface area (Å²) in [6, 6.07) is 0. The van der Waals surface area contributed by atoms with E-state index in [1.54, 1.807) is 0 Å². The summed E-state index contributed by atoms with van der Waals surface area (Å²) in [6.45, 7) is 8.98. The van der Waals surface area contributed by atoms with Crippen molar-refractivity contribution < 1.29 is 0 Å². The van der Waals surface area contributed by atoms with Crippen LogP contribution in [0.25, 0.3) is 0 Å². The minimum absolute atomic E-state index is 0.151. The van der Waals surface area contributed by atoms with Crippen molar-refractivity contribution in [1.82, 2.24) is 10.2 Å². The van der Waals surface area contributed by atoms with E-state index in [4.69, 9.17) is 0 Å². The van der Waals surface area contributed by atoms with Crippen molar-refractivity contribution in [1.29, 1.82) is 0 Å². The molecule has 0 aromatic carbocycles. The van der Waals surface area contributed by atoms with Crippen LogP contribution in [0.2, 0.25) is 0 Å². The molecule has 0 N–H and O–H groups in total. The molecule has 0 atom stereocenters. The Morgan fingerprint density at radius 2 is 1.69 bits per heavy atom. The van der Waals surface area contributed by atoms with Crippen LogP contribution in [0.15, 0.2) is 0 Å². The lowest BCUT2D eigenvalue weighted by Gasteiger charge is -2.24. The van der Waals surface area contributed by atoms with E-state index in [2.05, 4.69) is 37.9 Å². The third kappa shape index (κ3) is 2.62. The third-order valence-corrected chi connectivity index (χ3v) is 4.96. The predicted molar refractivity (Wildman–Crippen MR) is 69.0 cm³/mol. The Kier molecular flexibility index (Phi) is 3.34. The van der Waals surface area contributed by atoms with Crippen LogP contribution in [-0.4, -0.2) is 10.2 Å². The van der Waals surface area contributed by atoms with Gasteiger partial charge in [-0.25, -0.2) is 0 Å². The van der Waals surface area contributed by atoms with Crippen LogP contribution in [0.3, 0.4) is 0 Å². The first-order chi connectivity index (χ1) is 7.47. The second kappa shape index (κ2) is 4.44. The van der Waals surface area contributed by atoms with Crippen molar-refractivity contribution in [3.05, 3.63) is 10.0 Å². The molecule has 2 rings (SSSR count). The van der Waals surface area contributed by atoms with Gasteiger partial charge in [-0.2, -0.15) is 0 Å². The van der Waals surface area contributed by atoms with Crippen molar-refractivity contribution in [2.24, 2.45) is 5.92 Å². The lowest BCUT2D eigenvalue weighted by Crippen LogP contribution is -2.10. The van der Waals surface area contributed by atoms with Crippen molar-refractivity contribution in [2.75, 3.05) is 0 Å². The molecular formula is C13H22N2S. The molecule has 90 valence electrons. The zero-order valence-corrected chi connectivity index (χ0v) is 11.6. The fourth-order valence-corrected chi connectivity index (χ4v) is 3.28. The number of aromatic nitrogens is 2. The normalized spacial score (nSPS) is 27.0. The molecule has 3 heteroatoms. The summed E-state index contributed by atoms with van der Waals surface area (Å²) in [4.78, 5) is 0. The first-order valence-electron chi connectivity index (χ1n) is 6.30. The Morgan fingerprint density at radius 3 is 2.19 bits per heavy atom. The Bertz CT molecular complexity index is 343. The highest BCUT2D eigenvalue weighted by molar-refractivity contribution is 7.11. The summed E-state index contributed by atoms with van der Waals surface area (Å²) < 4.78 is 0. The summed E-state index contributed by atoms with van der Waals surface area (Å²) in [7, 11) is 0. The average Bonchev–Trinajstić information content (AvgIpc) is 2.67. The summed E-state index contributed by atoms with van der Waals surface area (Å²) in [5.74, 6) is 1.59. The van der Waals surface area contributed by atoms with Gasteiger partial charge in [0, 0.05) is 11.3 Å². The monoisotopic (exact) mass is 238 g/mol. The molecule has 1 aliphatic rings. The van der Waals surface area contributed by atoms with Gasteiger partial charge in [0.1, 0.15) is 10.0 Å². The van der Waals surface area contributed by atoms with E-state index in [9.17, 15) is 0 Å². The number of nitrogens with zero attached hydrogens (tertiary/aromatic N) is 2. The molecule has 1 aliphatic carbocycles. The summed E-state index contributed by atoms with van der Waals surface area (Å²) >= 11 is 1.83. The van der Waals surface area contributed by atoms with Gasteiger partial charge in [0.25, 0.3) is 0 Å². The summed E-state index contributed by atoms with van der Waals surface area (Å²) in [5, 5.41) is 11.2. The van der Waals surface area contributed by atoms with Gasteiger partial charge in [-0.15, -0.1) is 21.5 Å². The van der Waals surface area contributed by atoms with Crippen LogP contribution in [0, 0.1) is 5.92 Å². The highest BCUT2D eigenvalue weighted by Gasteiger charge is 2.25. The summed E-state index contributed by atoms with van der Waals surface area (Å²) in [6.07, 6.45) is 5.32. The van der Waals surface area contributed by atoms with Crippen LogP contribution < -0.4 is 0 Å². The van der Waals surface area contributed by atoms with Crippen LogP contribution in [0.5, 0.6) is 0 Å². The van der Waals surface area contributed by atoms with Gasteiger partial charge >= 0.3 is 0 Å². The van der Waals surface area contributed by atoms with Crippen molar-refractivity contribution in [3.63, 3.8) is 0 Å². The first kappa shape index (κ1) is 12.0. The van der Waals surface area contributed by atoms with Gasteiger partial charge in [-0.1, -0.05) is 40.5 Å². The zero-order chi connectivity index (χ0) is 11.8. The first-order valence-corrected chi connectivity index (χ1v) is 7.12. The Hall–Kier alpha value is -0.440. The fourth-order valence-electron chi connectivity index (χ4n) is 2.21. The standard InChI is InChI=1S/C13H22N2S/c1-9-5-7-10(8-6-9)11-14-15-12(16-11)13(2,3)4/h9-10H,5-8H2,1-4H3/t9-,10-. The molecule has 0 bridgehead atoms. The number of hydrogen-bond donors (Lipinski definition) is 0. The van der Waals surface area contributed by atoms with Gasteiger partial charge < -0.3 is 0 Å². The van der Waals surface area contributed by atoms with Crippen molar-refractivity contribution in [3.8, 4) is 0 Å². The molecule has 2 nitrogen and oxygen atoms in total. The molecule has 1 saturated carbocycles. The van der Waals surface area contributed by atoms with Crippen LogP contribution >= 0.6 is 11.3 Å². The molecule has 0 amide bonds.